The molecule has 31 heavy (non-hydrogen) atoms. The number of hydrogen-bond donors (Lipinski definition) is 1. The second-order valence-electron chi connectivity index (χ2n) is 10.3. The highest BCUT2D eigenvalue weighted by Gasteiger charge is 2.42. The first-order valence-electron chi connectivity index (χ1n) is 11.8. The van der Waals surface area contributed by atoms with Gasteiger partial charge in [0.1, 0.15) is 0 Å². The van der Waals surface area contributed by atoms with Crippen LogP contribution in [0, 0.1) is 23.2 Å². The molecule has 174 valence electrons. The molecule has 3 rings (SSSR count). The summed E-state index contributed by atoms with van der Waals surface area (Å²) in [7, 11) is 1.67. The van der Waals surface area contributed by atoms with Gasteiger partial charge in [0.25, 0.3) is 0 Å². The third kappa shape index (κ3) is 6.00. The van der Waals surface area contributed by atoms with E-state index in [9.17, 15) is 4.79 Å². The molecular weight excluding hydrogens is 410 g/mol. The molecule has 5 atom stereocenters. The molecule has 0 aromatic rings. The lowest BCUT2D eigenvalue weighted by atomic mass is 9.65. The fourth-order valence-corrected chi connectivity index (χ4v) is 5.67. The first-order valence-corrected chi connectivity index (χ1v) is 12.2. The van der Waals surface area contributed by atoms with E-state index in [0.29, 0.717) is 18.4 Å². The Hall–Kier alpha value is -1.17. The average molecular weight is 450 g/mol. The van der Waals surface area contributed by atoms with Crippen molar-refractivity contribution in [2.24, 2.45) is 28.2 Å². The van der Waals surface area contributed by atoms with E-state index in [2.05, 4.69) is 61.1 Å². The predicted octanol–water partition coefficient (Wildman–Crippen LogP) is 4.42. The van der Waals surface area contributed by atoms with Crippen LogP contribution in [0.2, 0.25) is 0 Å². The zero-order valence-electron chi connectivity index (χ0n) is 19.8. The summed E-state index contributed by atoms with van der Waals surface area (Å²) >= 11 is 6.26. The van der Waals surface area contributed by atoms with Crippen LogP contribution in [0.15, 0.2) is 28.8 Å². The number of methoxy groups -OCH3 is 1. The lowest BCUT2D eigenvalue weighted by molar-refractivity contribution is -0.139. The lowest BCUT2D eigenvalue weighted by Gasteiger charge is -2.48. The number of amides is 1. The molecule has 6 heteroatoms. The number of halogens is 1. The fraction of sp³-hybridized carbons (Fsp3) is 0.760. The van der Waals surface area contributed by atoms with Crippen molar-refractivity contribution in [3.63, 3.8) is 0 Å². The maximum absolute atomic E-state index is 13.5. The Morgan fingerprint density at radius 1 is 1.32 bits per heavy atom. The summed E-state index contributed by atoms with van der Waals surface area (Å²) in [5, 5.41) is 3.70. The first kappa shape index (κ1) is 24.5. The number of piperidine rings is 1. The average Bonchev–Trinajstić information content (AvgIpc) is 2.74. The number of allylic oxidation sites excluding steroid dienone is 3. The van der Waals surface area contributed by atoms with Crippen LogP contribution in [0.1, 0.15) is 53.4 Å². The molecule has 4 unspecified atom stereocenters. The molecule has 0 radical (unpaired) electrons. The first-order chi connectivity index (χ1) is 14.7. The van der Waals surface area contributed by atoms with E-state index in [4.69, 9.17) is 16.3 Å². The van der Waals surface area contributed by atoms with Gasteiger partial charge in [-0.2, -0.15) is 0 Å². The Bertz CT molecular complexity index is 716. The molecule has 1 amide bonds. The van der Waals surface area contributed by atoms with Gasteiger partial charge >= 0.3 is 0 Å². The molecule has 1 aliphatic carbocycles. The second-order valence-corrected chi connectivity index (χ2v) is 10.9. The summed E-state index contributed by atoms with van der Waals surface area (Å²) in [6.45, 7) is 11.1. The Morgan fingerprint density at radius 3 is 2.71 bits per heavy atom. The van der Waals surface area contributed by atoms with Gasteiger partial charge in [0.2, 0.25) is 5.91 Å². The number of dihydropyridines is 1. The van der Waals surface area contributed by atoms with Crippen molar-refractivity contribution in [2.75, 3.05) is 26.7 Å². The molecule has 0 saturated carbocycles. The van der Waals surface area contributed by atoms with E-state index in [0.717, 1.165) is 44.3 Å². The van der Waals surface area contributed by atoms with Crippen molar-refractivity contribution in [3.05, 3.63) is 23.8 Å². The molecule has 0 spiro atoms. The van der Waals surface area contributed by atoms with Gasteiger partial charge in [-0.3, -0.25) is 9.79 Å². The van der Waals surface area contributed by atoms with Crippen LogP contribution in [-0.2, 0) is 9.53 Å². The molecule has 1 N–H and O–H groups in total. The smallest absolute Gasteiger partial charge is 0.239 e. The molecule has 0 bridgehead atoms. The Morgan fingerprint density at radius 2 is 2.10 bits per heavy atom. The van der Waals surface area contributed by atoms with Crippen LogP contribution >= 0.6 is 11.6 Å². The van der Waals surface area contributed by atoms with Gasteiger partial charge < -0.3 is 15.0 Å². The third-order valence-electron chi connectivity index (χ3n) is 7.21. The fourth-order valence-electron chi connectivity index (χ4n) is 5.46. The molecule has 1 fully saturated rings. The van der Waals surface area contributed by atoms with Crippen molar-refractivity contribution in [1.82, 2.24) is 10.2 Å². The largest absolute Gasteiger partial charge is 0.356 e. The monoisotopic (exact) mass is 449 g/mol. The summed E-state index contributed by atoms with van der Waals surface area (Å²) < 4.78 is 5.46. The van der Waals surface area contributed by atoms with Crippen molar-refractivity contribution in [3.8, 4) is 0 Å². The number of hydrogen-bond acceptors (Lipinski definition) is 4. The van der Waals surface area contributed by atoms with E-state index in [1.807, 2.05) is 6.21 Å². The Labute approximate surface area is 193 Å². The normalized spacial score (nSPS) is 31.6. The van der Waals surface area contributed by atoms with Crippen molar-refractivity contribution >= 4 is 23.7 Å². The van der Waals surface area contributed by atoms with Crippen LogP contribution < -0.4 is 5.32 Å². The molecule has 2 heterocycles. The molecule has 0 aromatic heterocycles. The van der Waals surface area contributed by atoms with E-state index in [-0.39, 0.29) is 34.9 Å². The van der Waals surface area contributed by atoms with Crippen LogP contribution in [0.4, 0.5) is 0 Å². The molecular formula is C25H40ClN3O2. The maximum atomic E-state index is 13.5. The summed E-state index contributed by atoms with van der Waals surface area (Å²) in [5.74, 6) is 1.60. The van der Waals surface area contributed by atoms with E-state index in [1.54, 1.807) is 7.11 Å². The van der Waals surface area contributed by atoms with Crippen LogP contribution in [-0.4, -0.2) is 61.4 Å². The van der Waals surface area contributed by atoms with Crippen molar-refractivity contribution < 1.29 is 9.53 Å². The second kappa shape index (κ2) is 10.6. The minimum absolute atomic E-state index is 0.0886. The minimum atomic E-state index is -0.241. The van der Waals surface area contributed by atoms with Gasteiger partial charge in [-0.1, -0.05) is 45.9 Å². The zero-order valence-corrected chi connectivity index (χ0v) is 20.6. The van der Waals surface area contributed by atoms with Crippen LogP contribution in [0.3, 0.4) is 0 Å². The third-order valence-corrected chi connectivity index (χ3v) is 7.57. The highest BCUT2D eigenvalue weighted by molar-refractivity contribution is 6.21. The topological polar surface area (TPSA) is 53.9 Å². The van der Waals surface area contributed by atoms with Crippen molar-refractivity contribution in [2.45, 2.75) is 71.0 Å². The van der Waals surface area contributed by atoms with Crippen LogP contribution in [0.25, 0.3) is 0 Å². The quantitative estimate of drug-likeness (QED) is 0.462. The Balaban J connectivity index is 1.62. The SMILES string of the molecule is COC1N=CCC=C1CN[C@@H](C(=O)N1CCC(C2C=CC(Cl)CC2)C(C)(C)C1)C(C)C. The van der Waals surface area contributed by atoms with Crippen LogP contribution in [0.5, 0.6) is 0 Å². The summed E-state index contributed by atoms with van der Waals surface area (Å²) in [6, 6.07) is -0.205. The number of nitrogens with zero attached hydrogens (tertiary/aromatic N) is 2. The number of ether oxygens (including phenoxy) is 1. The summed E-state index contributed by atoms with van der Waals surface area (Å²) in [6.07, 6.45) is 12.4. The number of nitrogens with one attached hydrogen (secondary N) is 1. The number of carbonyl (C=O) groups excluding carboxylic acids is 1. The number of rotatable bonds is 7. The highest BCUT2D eigenvalue weighted by atomic mass is 35.5. The van der Waals surface area contributed by atoms with E-state index >= 15 is 0 Å². The van der Waals surface area contributed by atoms with Gasteiger partial charge in [0, 0.05) is 39.4 Å². The summed E-state index contributed by atoms with van der Waals surface area (Å²) in [4.78, 5) is 20.0. The van der Waals surface area contributed by atoms with Gasteiger partial charge in [-0.25, -0.2) is 0 Å². The van der Waals surface area contributed by atoms with Gasteiger partial charge in [0.15, 0.2) is 6.23 Å². The number of carbonyl (C=O) groups is 1. The van der Waals surface area contributed by atoms with Crippen molar-refractivity contribution in [1.29, 1.82) is 0 Å². The lowest BCUT2D eigenvalue weighted by Crippen LogP contribution is -2.56. The molecule has 0 aromatic carbocycles. The van der Waals surface area contributed by atoms with Gasteiger partial charge in [-0.05, 0) is 48.0 Å². The maximum Gasteiger partial charge on any atom is 0.239 e. The Kier molecular flexibility index (Phi) is 8.39. The van der Waals surface area contributed by atoms with E-state index in [1.165, 1.54) is 0 Å². The number of alkyl halides is 1. The highest BCUT2D eigenvalue weighted by Crippen LogP contribution is 2.43. The number of aliphatic imine (C=N–C) groups is 1. The zero-order chi connectivity index (χ0) is 22.6. The standard InChI is InChI=1S/C25H40ClN3O2/c1-17(2)22(28-15-19-7-6-13-27-23(19)31-5)24(30)29-14-12-21(25(3,4)16-29)18-8-10-20(26)11-9-18/h7-8,10,13,17-18,20-23,28H,6,9,11-12,14-16H2,1-5H3/t18?,20?,21?,22-,23?/m1/s1. The van der Waals surface area contributed by atoms with Gasteiger partial charge in [-0.15, -0.1) is 11.6 Å². The van der Waals surface area contributed by atoms with E-state index < -0.39 is 0 Å². The molecule has 2 aliphatic heterocycles. The molecule has 5 nitrogen and oxygen atoms in total. The summed E-state index contributed by atoms with van der Waals surface area (Å²) in [5.41, 5.74) is 1.19. The molecule has 3 aliphatic rings. The minimum Gasteiger partial charge on any atom is -0.356 e. The predicted molar refractivity (Wildman–Crippen MR) is 129 cm³/mol. The van der Waals surface area contributed by atoms with Gasteiger partial charge in [0.05, 0.1) is 11.4 Å². The molecule has 1 saturated heterocycles. The number of likely N-dealkylation sites (tertiary alicyclic amines) is 1.